The monoisotopic (exact) mass is 217 g/mol. The van der Waals surface area contributed by atoms with Gasteiger partial charge < -0.3 is 23.0 Å². The smallest absolute Gasteiger partial charge is 0.759 e. The van der Waals surface area contributed by atoms with E-state index in [0.29, 0.717) is 0 Å². The fourth-order valence-corrected chi connectivity index (χ4v) is 0.177. The summed E-state index contributed by atoms with van der Waals surface area (Å²) in [6, 6.07) is 0. The molecular weight excluding hydrogens is 207 g/mol. The first-order valence-electron chi connectivity index (χ1n) is 2.67. The number of rotatable bonds is 2. The molecule has 65 valence electrons. The third-order valence-electron chi connectivity index (χ3n) is 0.500. The van der Waals surface area contributed by atoms with E-state index in [2.05, 4.69) is 13.8 Å². The Bertz CT molecular complexity index is 133. The van der Waals surface area contributed by atoms with Crippen LogP contribution in [0.5, 0.6) is 0 Å². The second-order valence-electron chi connectivity index (χ2n) is 1.47. The Morgan fingerprint density at radius 3 is 1.27 bits per heavy atom. The Hall–Kier alpha value is 0.454. The summed E-state index contributed by atoms with van der Waals surface area (Å²) in [7, 11) is -5.17. The summed E-state index contributed by atoms with van der Waals surface area (Å²) in [6.07, 6.45) is 3.23. The van der Waals surface area contributed by atoms with E-state index in [1.807, 2.05) is 0 Å². The minimum Gasteiger partial charge on any atom is -0.759 e. The summed E-state index contributed by atoms with van der Waals surface area (Å²) >= 11 is 0. The first-order valence-corrected chi connectivity index (χ1v) is 4.00. The summed E-state index contributed by atoms with van der Waals surface area (Å²) < 4.78 is 34.1. The second-order valence-corrected chi connectivity index (χ2v) is 2.29. The van der Waals surface area contributed by atoms with E-state index in [0.717, 1.165) is 12.8 Å². The zero-order valence-electron chi connectivity index (χ0n) is 6.02. The molecule has 0 saturated carbocycles. The number of hydrogen-bond donors (Lipinski definition) is 0. The molecule has 0 atom stereocenters. The Labute approximate surface area is 79.8 Å². The molecule has 0 aliphatic heterocycles. The fraction of sp³-hybridized carbons (Fsp3) is 0.600. The summed E-state index contributed by atoms with van der Waals surface area (Å²) in [5.74, 6) is 0. The molecule has 4 nitrogen and oxygen atoms in total. The standard InChI is InChI=1S/C5H10.H2O4S.V/c1-3-5-4-2;1-5(2,3)4;/h1-5H2;(H2,1,2,3,4);/q-2;;+4/p-2. The Morgan fingerprint density at radius 1 is 1.09 bits per heavy atom. The van der Waals surface area contributed by atoms with Crippen LogP contribution in [0.1, 0.15) is 19.3 Å². The van der Waals surface area contributed by atoms with E-state index < -0.39 is 10.4 Å². The molecule has 11 heavy (non-hydrogen) atoms. The largest absolute Gasteiger partial charge is 4.00 e. The van der Waals surface area contributed by atoms with Crippen molar-refractivity contribution >= 4 is 10.4 Å². The molecule has 0 aliphatic carbocycles. The minimum atomic E-state index is -5.17. The molecule has 0 fully saturated rings. The Kier molecular flexibility index (Phi) is 16.6. The van der Waals surface area contributed by atoms with Gasteiger partial charge >= 0.3 is 18.6 Å². The van der Waals surface area contributed by atoms with Crippen LogP contribution in [0.25, 0.3) is 0 Å². The van der Waals surface area contributed by atoms with Crippen LogP contribution >= 0.6 is 0 Å². The van der Waals surface area contributed by atoms with E-state index >= 15 is 0 Å². The quantitative estimate of drug-likeness (QED) is 0.383. The average Bonchev–Trinajstić information content (AvgIpc) is 1.63. The van der Waals surface area contributed by atoms with Crippen molar-refractivity contribution in [1.82, 2.24) is 0 Å². The van der Waals surface area contributed by atoms with Crippen LogP contribution < -0.4 is 0 Å². The summed E-state index contributed by atoms with van der Waals surface area (Å²) in [5.41, 5.74) is 0. The van der Waals surface area contributed by atoms with Crippen molar-refractivity contribution in [2.24, 2.45) is 0 Å². The zero-order valence-corrected chi connectivity index (χ0v) is 8.24. The van der Waals surface area contributed by atoms with Gasteiger partial charge in [0, 0.05) is 10.4 Å². The number of unbranched alkanes of at least 4 members (excludes halogenated alkanes) is 2. The first-order chi connectivity index (χ1) is 4.41. The van der Waals surface area contributed by atoms with Crippen LogP contribution in [-0.4, -0.2) is 17.5 Å². The molecule has 0 rings (SSSR count). The van der Waals surface area contributed by atoms with Gasteiger partial charge in [-0.15, -0.1) is 6.42 Å². The van der Waals surface area contributed by atoms with Gasteiger partial charge in [0.05, 0.1) is 0 Å². The molecule has 0 unspecified atom stereocenters. The van der Waals surface area contributed by atoms with Crippen molar-refractivity contribution in [2.75, 3.05) is 0 Å². The fourth-order valence-electron chi connectivity index (χ4n) is 0.177. The molecule has 0 aromatic heterocycles. The summed E-state index contributed by atoms with van der Waals surface area (Å²) in [6.45, 7) is 7.27. The predicted molar refractivity (Wildman–Crippen MR) is 35.0 cm³/mol. The van der Waals surface area contributed by atoms with Crippen LogP contribution in [0.15, 0.2) is 0 Å². The van der Waals surface area contributed by atoms with Gasteiger partial charge in [-0.1, -0.05) is 0 Å². The van der Waals surface area contributed by atoms with Crippen LogP contribution in [0.4, 0.5) is 0 Å². The van der Waals surface area contributed by atoms with Crippen molar-refractivity contribution in [1.29, 1.82) is 0 Å². The van der Waals surface area contributed by atoms with Crippen molar-refractivity contribution in [3.63, 3.8) is 0 Å². The molecule has 0 N–H and O–H groups in total. The van der Waals surface area contributed by atoms with E-state index in [1.54, 1.807) is 0 Å². The minimum absolute atomic E-state index is 0. The van der Waals surface area contributed by atoms with E-state index in [4.69, 9.17) is 17.5 Å². The van der Waals surface area contributed by atoms with Gasteiger partial charge in [0.1, 0.15) is 0 Å². The van der Waals surface area contributed by atoms with Gasteiger partial charge in [-0.05, 0) is 0 Å². The third-order valence-corrected chi connectivity index (χ3v) is 0.500. The molecule has 1 radical (unpaired) electrons. The predicted octanol–water partition coefficient (Wildman–Crippen LogP) is 0.484. The van der Waals surface area contributed by atoms with E-state index in [1.165, 1.54) is 6.42 Å². The SMILES string of the molecule is O=S(=O)([O-])[O-].[CH2-]CCC[CH2-].[V+4]. The van der Waals surface area contributed by atoms with E-state index in [9.17, 15) is 0 Å². The maximum absolute atomic E-state index is 8.52. The van der Waals surface area contributed by atoms with Crippen LogP contribution in [0.2, 0.25) is 0 Å². The molecular formula is C5H10O4SV. The molecule has 0 amide bonds. The zero-order chi connectivity index (χ0) is 8.62. The molecule has 0 aliphatic rings. The number of hydrogen-bond acceptors (Lipinski definition) is 4. The molecule has 6 heteroatoms. The van der Waals surface area contributed by atoms with Crippen molar-refractivity contribution < 1.29 is 36.1 Å². The van der Waals surface area contributed by atoms with Crippen molar-refractivity contribution in [2.45, 2.75) is 19.3 Å². The molecule has 0 bridgehead atoms. The molecule has 0 heterocycles. The van der Waals surface area contributed by atoms with Gasteiger partial charge in [0.25, 0.3) is 0 Å². The van der Waals surface area contributed by atoms with Crippen molar-refractivity contribution in [3.05, 3.63) is 13.8 Å². The Morgan fingerprint density at radius 2 is 1.27 bits per heavy atom. The molecule has 0 saturated heterocycles. The van der Waals surface area contributed by atoms with Crippen LogP contribution in [-0.2, 0) is 29.0 Å². The van der Waals surface area contributed by atoms with Crippen LogP contribution in [0, 0.1) is 13.8 Å². The molecule has 0 spiro atoms. The summed E-state index contributed by atoms with van der Waals surface area (Å²) in [5, 5.41) is 0. The molecule has 0 aromatic carbocycles. The third kappa shape index (κ3) is 124. The van der Waals surface area contributed by atoms with E-state index in [-0.39, 0.29) is 18.6 Å². The maximum Gasteiger partial charge on any atom is 4.00 e. The first kappa shape index (κ1) is 17.5. The van der Waals surface area contributed by atoms with Gasteiger partial charge in [-0.2, -0.15) is 12.8 Å². The average molecular weight is 217 g/mol. The van der Waals surface area contributed by atoms with Gasteiger partial charge in [0.2, 0.25) is 0 Å². The van der Waals surface area contributed by atoms with Gasteiger partial charge in [-0.25, -0.2) is 0 Å². The van der Waals surface area contributed by atoms with Gasteiger partial charge in [-0.3, -0.25) is 8.42 Å². The van der Waals surface area contributed by atoms with Crippen molar-refractivity contribution in [3.8, 4) is 0 Å². The molecule has 0 aromatic rings. The normalized spacial score (nSPS) is 9.09. The summed E-state index contributed by atoms with van der Waals surface area (Å²) in [4.78, 5) is 0. The van der Waals surface area contributed by atoms with Gasteiger partial charge in [0.15, 0.2) is 0 Å². The second kappa shape index (κ2) is 10.5. The Balaban J connectivity index is -0.000000107. The topological polar surface area (TPSA) is 80.3 Å². The van der Waals surface area contributed by atoms with Crippen LogP contribution in [0.3, 0.4) is 0 Å². The maximum atomic E-state index is 8.52.